The number of hydrogen-bond acceptors (Lipinski definition) is 6. The Bertz CT molecular complexity index is 968. The third kappa shape index (κ3) is 4.57. The van der Waals surface area contributed by atoms with Crippen LogP contribution in [0.5, 0.6) is 0 Å². The molecule has 0 saturated heterocycles. The van der Waals surface area contributed by atoms with Crippen molar-refractivity contribution in [2.75, 3.05) is 16.4 Å². The number of carbonyl (C=O) groups excluding carboxylic acids is 2. The molecular weight excluding hydrogens is 440 g/mol. The summed E-state index contributed by atoms with van der Waals surface area (Å²) in [6.45, 7) is 3.83. The van der Waals surface area contributed by atoms with Gasteiger partial charge in [0.2, 0.25) is 16.9 Å². The fourth-order valence-corrected chi connectivity index (χ4v) is 7.83. The number of aromatic nitrogens is 2. The molecule has 1 aromatic heterocycles. The Morgan fingerprint density at radius 3 is 2.31 bits per heavy atom. The molecule has 1 aromatic carbocycles. The monoisotopic (exact) mass is 470 g/mol. The van der Waals surface area contributed by atoms with E-state index in [4.69, 9.17) is 0 Å². The van der Waals surface area contributed by atoms with Crippen LogP contribution in [0.4, 0.5) is 10.8 Å². The summed E-state index contributed by atoms with van der Waals surface area (Å²) < 4.78 is 0. The quantitative estimate of drug-likeness (QED) is 0.594. The number of carbonyl (C=O) groups is 2. The lowest BCUT2D eigenvalue weighted by atomic mass is 9.50. The molecular formula is C24H30N4O2S2. The lowest BCUT2D eigenvalue weighted by Gasteiger charge is -2.55. The Morgan fingerprint density at radius 1 is 1.06 bits per heavy atom. The zero-order chi connectivity index (χ0) is 22.3. The molecule has 0 spiro atoms. The van der Waals surface area contributed by atoms with Gasteiger partial charge in [-0.25, -0.2) is 0 Å². The second kappa shape index (κ2) is 8.78. The first-order valence-electron chi connectivity index (χ1n) is 11.5. The van der Waals surface area contributed by atoms with E-state index < -0.39 is 0 Å². The van der Waals surface area contributed by atoms with Gasteiger partial charge in [0.05, 0.1) is 11.0 Å². The molecule has 4 aliphatic rings. The molecule has 4 saturated carbocycles. The molecule has 2 aromatic rings. The van der Waals surface area contributed by atoms with Gasteiger partial charge in [-0.2, -0.15) is 0 Å². The maximum absolute atomic E-state index is 12.7. The molecule has 8 heteroatoms. The molecule has 4 aliphatic carbocycles. The molecule has 1 atom stereocenters. The Balaban J connectivity index is 1.13. The molecule has 6 rings (SSSR count). The fourth-order valence-electron chi connectivity index (χ4n) is 6.18. The summed E-state index contributed by atoms with van der Waals surface area (Å²) in [6, 6.07) is 7.67. The standard InChI is InChI=1S/C24H30N4O2S2/c1-14-3-5-19(6-4-14)25-20(29)13-31-15(2)21(30)26-23-28-27-22(32-23)24-10-16-7-17(11-24)9-18(8-16)12-24/h3-6,15-18H,7-13H2,1-2H3,(H,25,29)(H,26,28,30). The highest BCUT2D eigenvalue weighted by Crippen LogP contribution is 2.61. The maximum Gasteiger partial charge on any atom is 0.239 e. The molecule has 32 heavy (non-hydrogen) atoms. The summed E-state index contributed by atoms with van der Waals surface area (Å²) >= 11 is 2.87. The van der Waals surface area contributed by atoms with E-state index in [1.807, 2.05) is 38.1 Å². The Kier molecular flexibility index (Phi) is 6.01. The number of nitrogens with zero attached hydrogens (tertiary/aromatic N) is 2. The van der Waals surface area contributed by atoms with Crippen LogP contribution in [0, 0.1) is 24.7 Å². The van der Waals surface area contributed by atoms with Gasteiger partial charge in [-0.1, -0.05) is 29.0 Å². The van der Waals surface area contributed by atoms with E-state index in [1.54, 1.807) is 11.3 Å². The van der Waals surface area contributed by atoms with Gasteiger partial charge in [0.1, 0.15) is 5.01 Å². The molecule has 4 fully saturated rings. The molecule has 170 valence electrons. The van der Waals surface area contributed by atoms with Crippen molar-refractivity contribution in [1.82, 2.24) is 10.2 Å². The molecule has 6 nitrogen and oxygen atoms in total. The van der Waals surface area contributed by atoms with Crippen LogP contribution < -0.4 is 10.6 Å². The first-order valence-corrected chi connectivity index (χ1v) is 13.4. The van der Waals surface area contributed by atoms with Crippen molar-refractivity contribution >= 4 is 45.7 Å². The lowest BCUT2D eigenvalue weighted by molar-refractivity contribution is -0.115. The van der Waals surface area contributed by atoms with E-state index >= 15 is 0 Å². The van der Waals surface area contributed by atoms with Gasteiger partial charge in [0.25, 0.3) is 0 Å². The minimum Gasteiger partial charge on any atom is -0.325 e. The van der Waals surface area contributed by atoms with E-state index in [0.717, 1.165) is 34.0 Å². The normalized spacial score (nSPS) is 29.0. The highest BCUT2D eigenvalue weighted by atomic mass is 32.2. The SMILES string of the molecule is Cc1ccc(NC(=O)CSC(C)C(=O)Nc2nnc(C34CC5CC(CC(C5)C3)C4)s2)cc1. The number of hydrogen-bond donors (Lipinski definition) is 2. The first-order chi connectivity index (χ1) is 15.4. The highest BCUT2D eigenvalue weighted by Gasteiger charge is 2.53. The van der Waals surface area contributed by atoms with Gasteiger partial charge in [0, 0.05) is 11.1 Å². The van der Waals surface area contributed by atoms with E-state index in [0.29, 0.717) is 5.13 Å². The number of thioether (sulfide) groups is 1. The summed E-state index contributed by atoms with van der Waals surface area (Å²) in [5.74, 6) is 2.53. The van der Waals surface area contributed by atoms with Crippen LogP contribution in [-0.2, 0) is 15.0 Å². The van der Waals surface area contributed by atoms with Crippen molar-refractivity contribution in [2.24, 2.45) is 17.8 Å². The predicted octanol–water partition coefficient (Wildman–Crippen LogP) is 5.01. The number of amides is 2. The van der Waals surface area contributed by atoms with E-state index in [-0.39, 0.29) is 28.2 Å². The van der Waals surface area contributed by atoms with Gasteiger partial charge in [0.15, 0.2) is 0 Å². The molecule has 4 bridgehead atoms. The van der Waals surface area contributed by atoms with Crippen molar-refractivity contribution in [3.63, 3.8) is 0 Å². The van der Waals surface area contributed by atoms with E-state index in [2.05, 4.69) is 20.8 Å². The highest BCUT2D eigenvalue weighted by molar-refractivity contribution is 8.01. The van der Waals surface area contributed by atoms with Crippen LogP contribution in [0.3, 0.4) is 0 Å². The number of anilines is 2. The number of rotatable bonds is 7. The van der Waals surface area contributed by atoms with E-state index in [1.165, 1.54) is 50.3 Å². The third-order valence-electron chi connectivity index (χ3n) is 7.32. The van der Waals surface area contributed by atoms with E-state index in [9.17, 15) is 9.59 Å². The predicted molar refractivity (Wildman–Crippen MR) is 130 cm³/mol. The largest absolute Gasteiger partial charge is 0.325 e. The van der Waals surface area contributed by atoms with Crippen LogP contribution in [0.1, 0.15) is 56.0 Å². The summed E-state index contributed by atoms with van der Waals surface area (Å²) in [5, 5.41) is 16.0. The molecule has 0 aliphatic heterocycles. The van der Waals surface area contributed by atoms with Crippen LogP contribution >= 0.6 is 23.1 Å². The number of benzene rings is 1. The summed E-state index contributed by atoms with van der Waals surface area (Å²) in [6.07, 6.45) is 7.91. The first kappa shape index (κ1) is 21.9. The van der Waals surface area contributed by atoms with Gasteiger partial charge >= 0.3 is 0 Å². The second-order valence-corrected chi connectivity index (χ2v) is 12.3. The fraction of sp³-hybridized carbons (Fsp3) is 0.583. The van der Waals surface area contributed by atoms with Crippen molar-refractivity contribution in [3.8, 4) is 0 Å². The Labute approximate surface area is 197 Å². The zero-order valence-corrected chi connectivity index (χ0v) is 20.2. The molecule has 2 amide bonds. The average molecular weight is 471 g/mol. The van der Waals surface area contributed by atoms with Crippen LogP contribution in [0.25, 0.3) is 0 Å². The average Bonchev–Trinajstić information content (AvgIpc) is 3.22. The van der Waals surface area contributed by atoms with Gasteiger partial charge in [-0.05, 0) is 82.3 Å². The lowest BCUT2D eigenvalue weighted by Crippen LogP contribution is -2.48. The molecule has 1 unspecified atom stereocenters. The second-order valence-electron chi connectivity index (χ2n) is 9.97. The van der Waals surface area contributed by atoms with Crippen LogP contribution in [0.2, 0.25) is 0 Å². The number of aryl methyl sites for hydroxylation is 1. The molecule has 1 heterocycles. The smallest absolute Gasteiger partial charge is 0.239 e. The van der Waals surface area contributed by atoms with Crippen molar-refractivity contribution < 1.29 is 9.59 Å². The van der Waals surface area contributed by atoms with Crippen molar-refractivity contribution in [2.45, 2.75) is 63.0 Å². The summed E-state index contributed by atoms with van der Waals surface area (Å²) in [7, 11) is 0. The van der Waals surface area contributed by atoms with Crippen LogP contribution in [0.15, 0.2) is 24.3 Å². The van der Waals surface area contributed by atoms with Crippen molar-refractivity contribution in [1.29, 1.82) is 0 Å². The maximum atomic E-state index is 12.7. The minimum atomic E-state index is -0.356. The Hall–Kier alpha value is -1.93. The minimum absolute atomic E-state index is 0.112. The summed E-state index contributed by atoms with van der Waals surface area (Å²) in [5.41, 5.74) is 2.11. The van der Waals surface area contributed by atoms with Crippen LogP contribution in [-0.4, -0.2) is 33.0 Å². The van der Waals surface area contributed by atoms with Crippen molar-refractivity contribution in [3.05, 3.63) is 34.8 Å². The third-order valence-corrected chi connectivity index (χ3v) is 9.54. The van der Waals surface area contributed by atoms with Gasteiger partial charge < -0.3 is 5.32 Å². The summed E-state index contributed by atoms with van der Waals surface area (Å²) in [4.78, 5) is 24.9. The Morgan fingerprint density at radius 2 is 1.69 bits per heavy atom. The number of nitrogens with one attached hydrogen (secondary N) is 2. The topological polar surface area (TPSA) is 84.0 Å². The molecule has 0 radical (unpaired) electrons. The van der Waals surface area contributed by atoms with Gasteiger partial charge in [-0.15, -0.1) is 22.0 Å². The molecule has 2 N–H and O–H groups in total. The zero-order valence-electron chi connectivity index (χ0n) is 18.6. The van der Waals surface area contributed by atoms with Gasteiger partial charge in [-0.3, -0.25) is 14.9 Å².